The van der Waals surface area contributed by atoms with Crippen molar-refractivity contribution in [3.8, 4) is 0 Å². The summed E-state index contributed by atoms with van der Waals surface area (Å²) in [6, 6.07) is 12.8. The minimum absolute atomic E-state index is 0.0639. The Morgan fingerprint density at radius 1 is 0.643 bits per heavy atom. The summed E-state index contributed by atoms with van der Waals surface area (Å²) in [6.45, 7) is 13.3. The van der Waals surface area contributed by atoms with E-state index in [0.717, 1.165) is 22.3 Å². The summed E-state index contributed by atoms with van der Waals surface area (Å²) in [5, 5.41) is 0. The van der Waals surface area contributed by atoms with Gasteiger partial charge in [0, 0.05) is 11.1 Å². The molecule has 28 heavy (non-hydrogen) atoms. The van der Waals surface area contributed by atoms with Crippen LogP contribution in [0.1, 0.15) is 87.0 Å². The van der Waals surface area contributed by atoms with Gasteiger partial charge >= 0.3 is 0 Å². The Morgan fingerprint density at radius 3 is 1.75 bits per heavy atom. The smallest absolute Gasteiger partial charge is 0.126 e. The Bertz CT molecular complexity index is 1020. The fourth-order valence-corrected chi connectivity index (χ4v) is 4.07. The highest BCUT2D eigenvalue weighted by molar-refractivity contribution is 6.03. The summed E-state index contributed by atoms with van der Waals surface area (Å²) in [4.78, 5) is 9.62. The average molecular weight is 375 g/mol. The second-order valence-electron chi connectivity index (χ2n) is 10.0. The fourth-order valence-electron chi connectivity index (χ4n) is 4.07. The van der Waals surface area contributed by atoms with E-state index >= 15 is 0 Å². The quantitative estimate of drug-likeness (QED) is 0.771. The number of fused-ring (bicyclic) bond motifs is 2. The normalized spacial score (nSPS) is 21.2. The Hall–Kier alpha value is -2.62. The number of nitrogens with two attached hydrogens (primary N) is 2. The van der Waals surface area contributed by atoms with Crippen LogP contribution in [0.2, 0.25) is 0 Å². The van der Waals surface area contributed by atoms with Crippen LogP contribution in [0.5, 0.6) is 0 Å². The summed E-state index contributed by atoms with van der Waals surface area (Å²) < 4.78 is 0. The monoisotopic (exact) mass is 374 g/mol. The molecule has 4 heteroatoms. The standard InChI is InChI=1S/C24H30N4/c1-23(2,3)13-8-10-16-17(11-13)20(28-21(16)25)19-15-9-7-14(24(4,5)6)12-18(15)22(26)27-19/h7-12,19-20H,1-6H3,(H2,25,28)(H2,26,27). The second kappa shape index (κ2) is 5.94. The lowest BCUT2D eigenvalue weighted by molar-refractivity contribution is 0.574. The number of hydrogen-bond acceptors (Lipinski definition) is 4. The third-order valence-corrected chi connectivity index (χ3v) is 5.88. The molecule has 0 spiro atoms. The van der Waals surface area contributed by atoms with E-state index in [9.17, 15) is 0 Å². The van der Waals surface area contributed by atoms with Gasteiger partial charge in [0.05, 0.1) is 0 Å². The minimum atomic E-state index is -0.127. The van der Waals surface area contributed by atoms with Crippen LogP contribution in [-0.4, -0.2) is 11.7 Å². The molecule has 2 aromatic carbocycles. The molecule has 0 saturated heterocycles. The van der Waals surface area contributed by atoms with Crippen molar-refractivity contribution in [2.75, 3.05) is 0 Å². The SMILES string of the molecule is CC(C)(C)c1ccc2c(c1)C(N)=NC2C1N=C(N)c2ccc(C(C)(C)C)cc21. The lowest BCUT2D eigenvalue weighted by atomic mass is 9.82. The van der Waals surface area contributed by atoms with Gasteiger partial charge < -0.3 is 11.5 Å². The first-order valence-electron chi connectivity index (χ1n) is 9.93. The molecule has 0 aliphatic carbocycles. The molecule has 0 aromatic heterocycles. The van der Waals surface area contributed by atoms with Crippen molar-refractivity contribution in [1.82, 2.24) is 0 Å². The molecule has 0 fully saturated rings. The van der Waals surface area contributed by atoms with Crippen molar-refractivity contribution in [2.24, 2.45) is 21.5 Å². The molecule has 0 radical (unpaired) electrons. The average Bonchev–Trinajstić information content (AvgIpc) is 3.10. The summed E-state index contributed by atoms with van der Waals surface area (Å²) in [6.07, 6.45) is 0. The van der Waals surface area contributed by atoms with Crippen LogP contribution in [0.3, 0.4) is 0 Å². The van der Waals surface area contributed by atoms with Gasteiger partial charge in [0.15, 0.2) is 0 Å². The Morgan fingerprint density at radius 2 is 1.14 bits per heavy atom. The second-order valence-corrected chi connectivity index (χ2v) is 10.0. The van der Waals surface area contributed by atoms with E-state index in [1.54, 1.807) is 0 Å². The number of rotatable bonds is 1. The molecule has 2 unspecified atom stereocenters. The molecule has 0 amide bonds. The van der Waals surface area contributed by atoms with Gasteiger partial charge in [0.2, 0.25) is 0 Å². The molecular weight excluding hydrogens is 344 g/mol. The summed E-state index contributed by atoms with van der Waals surface area (Å²) in [5.41, 5.74) is 19.6. The first kappa shape index (κ1) is 18.7. The lowest BCUT2D eigenvalue weighted by Crippen LogP contribution is -2.15. The zero-order valence-electron chi connectivity index (χ0n) is 17.7. The van der Waals surface area contributed by atoms with E-state index in [1.807, 2.05) is 0 Å². The summed E-state index contributed by atoms with van der Waals surface area (Å²) >= 11 is 0. The van der Waals surface area contributed by atoms with E-state index in [4.69, 9.17) is 21.5 Å². The molecule has 4 N–H and O–H groups in total. The van der Waals surface area contributed by atoms with Gasteiger partial charge in [0.25, 0.3) is 0 Å². The largest absolute Gasteiger partial charge is 0.383 e. The van der Waals surface area contributed by atoms with Gasteiger partial charge in [0.1, 0.15) is 23.8 Å². The zero-order chi connectivity index (χ0) is 20.4. The number of aliphatic imine (C=N–C) groups is 2. The molecule has 0 bridgehead atoms. The van der Waals surface area contributed by atoms with E-state index < -0.39 is 0 Å². The van der Waals surface area contributed by atoms with E-state index in [0.29, 0.717) is 11.7 Å². The van der Waals surface area contributed by atoms with E-state index in [1.165, 1.54) is 11.1 Å². The summed E-state index contributed by atoms with van der Waals surface area (Å²) in [7, 11) is 0. The maximum absolute atomic E-state index is 6.34. The van der Waals surface area contributed by atoms with Gasteiger partial charge in [-0.05, 0) is 39.2 Å². The molecule has 2 aliphatic heterocycles. The predicted octanol–water partition coefficient (Wildman–Crippen LogP) is 4.50. The van der Waals surface area contributed by atoms with Gasteiger partial charge in [-0.25, -0.2) is 0 Å². The van der Waals surface area contributed by atoms with Gasteiger partial charge in [-0.1, -0.05) is 71.9 Å². The molecule has 0 saturated carbocycles. The topological polar surface area (TPSA) is 76.8 Å². The van der Waals surface area contributed by atoms with E-state index in [2.05, 4.69) is 77.9 Å². The van der Waals surface area contributed by atoms with Gasteiger partial charge in [-0.15, -0.1) is 0 Å². The van der Waals surface area contributed by atoms with Crippen LogP contribution in [0.4, 0.5) is 0 Å². The lowest BCUT2D eigenvalue weighted by Gasteiger charge is -2.23. The minimum Gasteiger partial charge on any atom is -0.383 e. The van der Waals surface area contributed by atoms with Gasteiger partial charge in [-0.3, -0.25) is 9.98 Å². The van der Waals surface area contributed by atoms with Gasteiger partial charge in [-0.2, -0.15) is 0 Å². The van der Waals surface area contributed by atoms with Crippen molar-refractivity contribution in [2.45, 2.75) is 64.5 Å². The van der Waals surface area contributed by atoms with Crippen LogP contribution in [0, 0.1) is 0 Å². The maximum atomic E-state index is 6.34. The van der Waals surface area contributed by atoms with Crippen molar-refractivity contribution in [3.63, 3.8) is 0 Å². The number of amidine groups is 2. The Labute approximate surface area is 167 Å². The van der Waals surface area contributed by atoms with Crippen LogP contribution in [0.15, 0.2) is 46.4 Å². The molecule has 2 aliphatic rings. The third-order valence-electron chi connectivity index (χ3n) is 5.88. The molecule has 2 heterocycles. The number of nitrogens with zero attached hydrogens (tertiary/aromatic N) is 2. The first-order valence-corrected chi connectivity index (χ1v) is 9.93. The molecule has 146 valence electrons. The van der Waals surface area contributed by atoms with Crippen molar-refractivity contribution in [3.05, 3.63) is 69.8 Å². The number of benzene rings is 2. The highest BCUT2D eigenvalue weighted by Crippen LogP contribution is 2.45. The Balaban J connectivity index is 1.80. The van der Waals surface area contributed by atoms with Crippen LogP contribution in [0.25, 0.3) is 0 Å². The fraction of sp³-hybridized carbons (Fsp3) is 0.417. The predicted molar refractivity (Wildman–Crippen MR) is 117 cm³/mol. The van der Waals surface area contributed by atoms with Crippen LogP contribution in [-0.2, 0) is 10.8 Å². The molecule has 4 nitrogen and oxygen atoms in total. The highest BCUT2D eigenvalue weighted by Gasteiger charge is 2.37. The first-order chi connectivity index (χ1) is 13.0. The van der Waals surface area contributed by atoms with Crippen molar-refractivity contribution >= 4 is 11.7 Å². The highest BCUT2D eigenvalue weighted by atomic mass is 15.0. The molecule has 2 aromatic rings. The summed E-state index contributed by atoms with van der Waals surface area (Å²) in [5.74, 6) is 1.19. The van der Waals surface area contributed by atoms with Crippen molar-refractivity contribution in [1.29, 1.82) is 0 Å². The Kier molecular flexibility index (Phi) is 3.97. The third kappa shape index (κ3) is 2.92. The van der Waals surface area contributed by atoms with Crippen molar-refractivity contribution < 1.29 is 0 Å². The molecule has 4 rings (SSSR count). The molecular formula is C24H30N4. The van der Waals surface area contributed by atoms with Crippen LogP contribution < -0.4 is 11.5 Å². The number of hydrogen-bond donors (Lipinski definition) is 2. The van der Waals surface area contributed by atoms with Crippen LogP contribution >= 0.6 is 0 Å². The van der Waals surface area contributed by atoms with E-state index in [-0.39, 0.29) is 22.9 Å². The maximum Gasteiger partial charge on any atom is 0.126 e. The zero-order valence-corrected chi connectivity index (χ0v) is 17.7. The molecule has 2 atom stereocenters.